The summed E-state index contributed by atoms with van der Waals surface area (Å²) in [5.74, 6) is 1.43. The first-order chi connectivity index (χ1) is 17.9. The SMILES string of the molecule is CCC[C@H](C)Nc1ncc2c(C3CCN(C(=O)[C@@H]4CCCCN4C)CC3)cn(C3CCC(O)CC3)c2n1. The van der Waals surface area contributed by atoms with Crippen molar-refractivity contribution in [1.82, 2.24) is 24.3 Å². The smallest absolute Gasteiger partial charge is 0.239 e. The van der Waals surface area contributed by atoms with Gasteiger partial charge in [-0.25, -0.2) is 4.98 Å². The molecular formula is C29H46N6O2. The lowest BCUT2D eigenvalue weighted by atomic mass is 9.89. The first-order valence-electron chi connectivity index (χ1n) is 14.8. The van der Waals surface area contributed by atoms with Gasteiger partial charge in [0.1, 0.15) is 5.65 Å². The maximum Gasteiger partial charge on any atom is 0.239 e. The van der Waals surface area contributed by atoms with Crippen LogP contribution in [-0.2, 0) is 4.79 Å². The molecule has 37 heavy (non-hydrogen) atoms. The number of nitrogens with zero attached hydrogens (tertiary/aromatic N) is 5. The molecule has 2 N–H and O–H groups in total. The first-order valence-corrected chi connectivity index (χ1v) is 14.8. The highest BCUT2D eigenvalue weighted by molar-refractivity contribution is 5.83. The van der Waals surface area contributed by atoms with E-state index in [1.54, 1.807) is 0 Å². The number of aliphatic hydroxyl groups excluding tert-OH is 1. The monoisotopic (exact) mass is 510 g/mol. The number of rotatable bonds is 7. The number of carbonyl (C=O) groups excluding carboxylic acids is 1. The van der Waals surface area contributed by atoms with E-state index >= 15 is 0 Å². The summed E-state index contributed by atoms with van der Waals surface area (Å²) < 4.78 is 2.38. The molecule has 2 atom stereocenters. The van der Waals surface area contributed by atoms with Gasteiger partial charge in [-0.2, -0.15) is 4.98 Å². The standard InChI is InChI=1S/C29H46N6O2/c1-4-7-20(2)31-29-30-18-24-25(19-35(27(24)32-29)22-9-11-23(36)12-10-22)21-13-16-34(17-14-21)28(37)26-8-5-6-15-33(26)3/h18-23,26,36H,4-17H2,1-3H3,(H,30,31,32)/t20-,22?,23?,26-/m0/s1. The zero-order chi connectivity index (χ0) is 25.9. The predicted octanol–water partition coefficient (Wildman–Crippen LogP) is 4.70. The van der Waals surface area contributed by atoms with Crippen molar-refractivity contribution < 1.29 is 9.90 Å². The Balaban J connectivity index is 1.36. The molecule has 0 spiro atoms. The number of aliphatic hydroxyl groups is 1. The molecule has 4 heterocycles. The van der Waals surface area contributed by atoms with Crippen molar-refractivity contribution in [3.8, 4) is 0 Å². The van der Waals surface area contributed by atoms with Crippen molar-refractivity contribution >= 4 is 22.9 Å². The Morgan fingerprint density at radius 1 is 1.11 bits per heavy atom. The van der Waals surface area contributed by atoms with Crippen LogP contribution in [0.3, 0.4) is 0 Å². The van der Waals surface area contributed by atoms with Crippen molar-refractivity contribution in [3.63, 3.8) is 0 Å². The fraction of sp³-hybridized carbons (Fsp3) is 0.759. The fourth-order valence-electron chi connectivity index (χ4n) is 6.80. The van der Waals surface area contributed by atoms with Gasteiger partial charge in [-0.1, -0.05) is 19.8 Å². The largest absolute Gasteiger partial charge is 0.393 e. The normalized spacial score (nSPS) is 26.9. The molecule has 2 saturated heterocycles. The lowest BCUT2D eigenvalue weighted by molar-refractivity contribution is -0.138. The topological polar surface area (TPSA) is 86.5 Å². The predicted molar refractivity (Wildman–Crippen MR) is 148 cm³/mol. The van der Waals surface area contributed by atoms with Gasteiger partial charge in [-0.05, 0) is 89.8 Å². The number of amides is 1. The lowest BCUT2D eigenvalue weighted by Crippen LogP contribution is -2.51. The average Bonchev–Trinajstić information content (AvgIpc) is 3.28. The van der Waals surface area contributed by atoms with Gasteiger partial charge in [-0.3, -0.25) is 9.69 Å². The molecule has 1 aliphatic carbocycles. The average molecular weight is 511 g/mol. The fourth-order valence-corrected chi connectivity index (χ4v) is 6.80. The Morgan fingerprint density at radius 2 is 1.86 bits per heavy atom. The molecule has 8 nitrogen and oxygen atoms in total. The Kier molecular flexibility index (Phi) is 8.34. The summed E-state index contributed by atoms with van der Waals surface area (Å²) in [7, 11) is 2.10. The number of carbonyl (C=O) groups is 1. The van der Waals surface area contributed by atoms with Crippen molar-refractivity contribution in [2.24, 2.45) is 0 Å². The third-order valence-electron chi connectivity index (χ3n) is 9.06. The van der Waals surface area contributed by atoms with Crippen LogP contribution in [0.1, 0.15) is 102 Å². The van der Waals surface area contributed by atoms with Gasteiger partial charge in [0.2, 0.25) is 11.9 Å². The molecule has 0 unspecified atom stereocenters. The number of hydrogen-bond acceptors (Lipinski definition) is 6. The van der Waals surface area contributed by atoms with E-state index in [4.69, 9.17) is 9.97 Å². The minimum absolute atomic E-state index is 0.0586. The second kappa shape index (κ2) is 11.7. The molecule has 1 saturated carbocycles. The van der Waals surface area contributed by atoms with E-state index in [-0.39, 0.29) is 12.1 Å². The van der Waals surface area contributed by atoms with Crippen LogP contribution in [0, 0.1) is 0 Å². The summed E-state index contributed by atoms with van der Waals surface area (Å²) in [5, 5.41) is 14.7. The lowest BCUT2D eigenvalue weighted by Gasteiger charge is -2.38. The molecule has 3 fully saturated rings. The molecule has 2 aromatic rings. The maximum absolute atomic E-state index is 13.3. The van der Waals surface area contributed by atoms with Crippen LogP contribution in [0.4, 0.5) is 5.95 Å². The van der Waals surface area contributed by atoms with Crippen LogP contribution in [0.25, 0.3) is 11.0 Å². The molecule has 5 rings (SSSR count). The maximum atomic E-state index is 13.3. The first kappa shape index (κ1) is 26.4. The van der Waals surface area contributed by atoms with Crippen LogP contribution in [0.5, 0.6) is 0 Å². The van der Waals surface area contributed by atoms with E-state index in [2.05, 4.69) is 46.8 Å². The highest BCUT2D eigenvalue weighted by atomic mass is 16.3. The molecule has 0 radical (unpaired) electrons. The molecule has 2 aromatic heterocycles. The number of anilines is 1. The quantitative estimate of drug-likeness (QED) is 0.562. The third-order valence-corrected chi connectivity index (χ3v) is 9.06. The van der Waals surface area contributed by atoms with Crippen LogP contribution < -0.4 is 5.32 Å². The molecule has 204 valence electrons. The second-order valence-corrected chi connectivity index (χ2v) is 11.8. The second-order valence-electron chi connectivity index (χ2n) is 11.8. The van der Waals surface area contributed by atoms with E-state index in [1.165, 1.54) is 12.0 Å². The van der Waals surface area contributed by atoms with Gasteiger partial charge in [-0.15, -0.1) is 0 Å². The Hall–Kier alpha value is -2.19. The molecule has 0 aromatic carbocycles. The molecule has 1 amide bonds. The third kappa shape index (κ3) is 5.80. The Labute approximate surface area is 221 Å². The van der Waals surface area contributed by atoms with Gasteiger partial charge in [0.25, 0.3) is 0 Å². The van der Waals surface area contributed by atoms with E-state index in [9.17, 15) is 9.90 Å². The minimum Gasteiger partial charge on any atom is -0.393 e. The van der Waals surface area contributed by atoms with Crippen LogP contribution >= 0.6 is 0 Å². The number of likely N-dealkylation sites (N-methyl/N-ethyl adjacent to an activating group) is 1. The number of likely N-dealkylation sites (tertiary alicyclic amines) is 2. The zero-order valence-electron chi connectivity index (χ0n) is 23.0. The minimum atomic E-state index is -0.177. The van der Waals surface area contributed by atoms with Crippen molar-refractivity contribution in [3.05, 3.63) is 18.0 Å². The van der Waals surface area contributed by atoms with Crippen LogP contribution in [0.15, 0.2) is 12.4 Å². The van der Waals surface area contributed by atoms with Crippen molar-refractivity contribution in [2.75, 3.05) is 32.0 Å². The van der Waals surface area contributed by atoms with Crippen LogP contribution in [0.2, 0.25) is 0 Å². The van der Waals surface area contributed by atoms with Gasteiger partial charge in [0.15, 0.2) is 0 Å². The van der Waals surface area contributed by atoms with Crippen molar-refractivity contribution in [1.29, 1.82) is 0 Å². The van der Waals surface area contributed by atoms with E-state index in [0.717, 1.165) is 94.9 Å². The summed E-state index contributed by atoms with van der Waals surface area (Å²) >= 11 is 0. The van der Waals surface area contributed by atoms with E-state index in [0.29, 0.717) is 29.9 Å². The summed E-state index contributed by atoms with van der Waals surface area (Å²) in [6, 6.07) is 0.752. The highest BCUT2D eigenvalue weighted by Crippen LogP contribution is 2.38. The van der Waals surface area contributed by atoms with Crippen molar-refractivity contribution in [2.45, 2.75) is 115 Å². The summed E-state index contributed by atoms with van der Waals surface area (Å²) in [5.41, 5.74) is 2.34. The van der Waals surface area contributed by atoms with E-state index in [1.807, 2.05) is 6.20 Å². The molecule has 3 aliphatic rings. The van der Waals surface area contributed by atoms with Gasteiger partial charge in [0.05, 0.1) is 12.1 Å². The summed E-state index contributed by atoms with van der Waals surface area (Å²) in [4.78, 5) is 27.4. The zero-order valence-corrected chi connectivity index (χ0v) is 23.0. The van der Waals surface area contributed by atoms with Gasteiger partial charge >= 0.3 is 0 Å². The molecule has 2 aliphatic heterocycles. The number of aromatic nitrogens is 3. The number of piperidine rings is 2. The Bertz CT molecular complexity index is 1050. The van der Waals surface area contributed by atoms with Gasteiger partial charge < -0.3 is 19.9 Å². The number of hydrogen-bond donors (Lipinski definition) is 2. The summed E-state index contributed by atoms with van der Waals surface area (Å²) in [6.45, 7) is 7.06. The van der Waals surface area contributed by atoms with Gasteiger partial charge in [0, 0.05) is 43.0 Å². The number of nitrogens with one attached hydrogen (secondary N) is 1. The molecular weight excluding hydrogens is 464 g/mol. The number of fused-ring (bicyclic) bond motifs is 1. The molecule has 8 heteroatoms. The highest BCUT2D eigenvalue weighted by Gasteiger charge is 2.33. The Morgan fingerprint density at radius 3 is 2.57 bits per heavy atom. The molecule has 0 bridgehead atoms. The summed E-state index contributed by atoms with van der Waals surface area (Å²) in [6.07, 6.45) is 15.3. The van der Waals surface area contributed by atoms with E-state index < -0.39 is 0 Å². The van der Waals surface area contributed by atoms with Crippen LogP contribution in [-0.4, -0.2) is 80.2 Å².